The molecule has 0 spiro atoms. The largest absolute Gasteiger partial charge is 0.301 e. The molecule has 2 aliphatic heterocycles. The van der Waals surface area contributed by atoms with Crippen LogP contribution in [0.5, 0.6) is 0 Å². The lowest BCUT2D eigenvalue weighted by Crippen LogP contribution is -2.41. The van der Waals surface area contributed by atoms with Gasteiger partial charge in [0.2, 0.25) is 0 Å². The van der Waals surface area contributed by atoms with Gasteiger partial charge in [-0.2, -0.15) is 12.6 Å². The summed E-state index contributed by atoms with van der Waals surface area (Å²) < 4.78 is 0. The molecule has 1 unspecified atom stereocenters. The lowest BCUT2D eigenvalue weighted by atomic mass is 9.95. The zero-order valence-electron chi connectivity index (χ0n) is 10.8. The van der Waals surface area contributed by atoms with Crippen molar-refractivity contribution in [1.82, 2.24) is 9.80 Å². The van der Waals surface area contributed by atoms with Crippen LogP contribution in [0.3, 0.4) is 0 Å². The van der Waals surface area contributed by atoms with Gasteiger partial charge in [-0.3, -0.25) is 4.90 Å². The highest BCUT2D eigenvalue weighted by Gasteiger charge is 2.30. The normalized spacial score (nSPS) is 29.1. The Bertz CT molecular complexity index is 230. The van der Waals surface area contributed by atoms with Crippen molar-refractivity contribution < 1.29 is 0 Å². The molecule has 0 amide bonds. The molecule has 2 saturated heterocycles. The third-order valence-electron chi connectivity index (χ3n) is 3.97. The van der Waals surface area contributed by atoms with Gasteiger partial charge in [0.05, 0.1) is 0 Å². The molecule has 94 valence electrons. The third kappa shape index (κ3) is 3.14. The quantitative estimate of drug-likeness (QED) is 0.757. The molecule has 2 heterocycles. The van der Waals surface area contributed by atoms with Gasteiger partial charge >= 0.3 is 0 Å². The maximum absolute atomic E-state index is 4.47. The molecule has 2 fully saturated rings. The fourth-order valence-corrected chi connectivity index (χ4v) is 3.18. The lowest BCUT2D eigenvalue weighted by molar-refractivity contribution is 0.174. The van der Waals surface area contributed by atoms with Crippen molar-refractivity contribution in [3.8, 4) is 0 Å². The molecular weight excluding hydrogens is 216 g/mol. The second-order valence-electron chi connectivity index (χ2n) is 6.24. The summed E-state index contributed by atoms with van der Waals surface area (Å²) >= 11 is 4.47. The van der Waals surface area contributed by atoms with Crippen LogP contribution in [0.25, 0.3) is 0 Å². The van der Waals surface area contributed by atoms with Gasteiger partial charge in [-0.1, -0.05) is 13.8 Å². The lowest BCUT2D eigenvalue weighted by Gasteiger charge is -2.32. The number of hydrogen-bond donors (Lipinski definition) is 1. The van der Waals surface area contributed by atoms with Gasteiger partial charge in [0.1, 0.15) is 0 Å². The number of hydrogen-bond acceptors (Lipinski definition) is 3. The summed E-state index contributed by atoms with van der Waals surface area (Å²) in [4.78, 5) is 5.37. The summed E-state index contributed by atoms with van der Waals surface area (Å²) in [6.45, 7) is 11.1. The van der Waals surface area contributed by atoms with Gasteiger partial charge in [0.15, 0.2) is 0 Å². The van der Waals surface area contributed by atoms with Crippen molar-refractivity contribution in [2.75, 3.05) is 38.5 Å². The van der Waals surface area contributed by atoms with Gasteiger partial charge in [-0.05, 0) is 50.1 Å². The maximum atomic E-state index is 4.47. The average Bonchev–Trinajstić information content (AvgIpc) is 2.58. The van der Waals surface area contributed by atoms with Crippen molar-refractivity contribution >= 4 is 12.6 Å². The Morgan fingerprint density at radius 1 is 1.19 bits per heavy atom. The first-order chi connectivity index (χ1) is 7.61. The summed E-state index contributed by atoms with van der Waals surface area (Å²) in [5.74, 6) is 0.984. The molecule has 1 atom stereocenters. The van der Waals surface area contributed by atoms with Crippen molar-refractivity contribution in [1.29, 1.82) is 0 Å². The van der Waals surface area contributed by atoms with Crippen LogP contribution in [0.2, 0.25) is 0 Å². The van der Waals surface area contributed by atoms with E-state index >= 15 is 0 Å². The van der Waals surface area contributed by atoms with Crippen LogP contribution in [0.4, 0.5) is 0 Å². The van der Waals surface area contributed by atoms with Gasteiger partial charge in [-0.25, -0.2) is 0 Å². The van der Waals surface area contributed by atoms with E-state index in [1.54, 1.807) is 0 Å². The Hall–Kier alpha value is 0.270. The molecule has 2 nitrogen and oxygen atoms in total. The Labute approximate surface area is 106 Å². The highest BCUT2D eigenvalue weighted by atomic mass is 32.1. The Morgan fingerprint density at radius 2 is 1.94 bits per heavy atom. The molecular formula is C13H26N2S. The molecule has 16 heavy (non-hydrogen) atoms. The van der Waals surface area contributed by atoms with Crippen LogP contribution >= 0.6 is 12.6 Å². The Balaban J connectivity index is 1.90. The Kier molecular flexibility index (Phi) is 4.20. The first kappa shape index (κ1) is 12.7. The molecule has 0 N–H and O–H groups in total. The standard InChI is InChI=1S/C13H26N2S/c1-13(2,11-16)10-14-6-4-8-15-7-3-5-12(15)9-14/h12,16H,3-11H2,1-2H3. The summed E-state index contributed by atoms with van der Waals surface area (Å²) in [6.07, 6.45) is 4.17. The monoisotopic (exact) mass is 242 g/mol. The SMILES string of the molecule is CC(C)(CS)CN1CCCN2CCCC2C1. The minimum absolute atomic E-state index is 0.358. The zero-order valence-corrected chi connectivity index (χ0v) is 11.7. The van der Waals surface area contributed by atoms with Crippen LogP contribution in [-0.2, 0) is 0 Å². The Morgan fingerprint density at radius 3 is 2.69 bits per heavy atom. The van der Waals surface area contributed by atoms with Crippen molar-refractivity contribution in [3.05, 3.63) is 0 Å². The van der Waals surface area contributed by atoms with E-state index in [1.165, 1.54) is 52.0 Å². The van der Waals surface area contributed by atoms with E-state index in [4.69, 9.17) is 0 Å². The predicted octanol–water partition coefficient (Wildman–Crippen LogP) is 2.11. The van der Waals surface area contributed by atoms with Crippen molar-refractivity contribution in [3.63, 3.8) is 0 Å². The van der Waals surface area contributed by atoms with Crippen LogP contribution in [0.1, 0.15) is 33.1 Å². The van der Waals surface area contributed by atoms with Crippen LogP contribution in [-0.4, -0.2) is 54.3 Å². The molecule has 0 aliphatic carbocycles. The van der Waals surface area contributed by atoms with Gasteiger partial charge < -0.3 is 4.90 Å². The second-order valence-corrected chi connectivity index (χ2v) is 6.56. The molecule has 0 saturated carbocycles. The van der Waals surface area contributed by atoms with Crippen LogP contribution in [0.15, 0.2) is 0 Å². The van der Waals surface area contributed by atoms with E-state index in [0.717, 1.165) is 11.8 Å². The van der Waals surface area contributed by atoms with Crippen LogP contribution in [0, 0.1) is 5.41 Å². The number of rotatable bonds is 3. The fourth-order valence-electron chi connectivity index (χ4n) is 3.08. The molecule has 0 aromatic rings. The van der Waals surface area contributed by atoms with Gasteiger partial charge in [0.25, 0.3) is 0 Å². The molecule has 2 rings (SSSR count). The molecule has 0 bridgehead atoms. The number of thiol groups is 1. The van der Waals surface area contributed by atoms with E-state index in [-0.39, 0.29) is 0 Å². The first-order valence-electron chi connectivity index (χ1n) is 6.68. The fraction of sp³-hybridized carbons (Fsp3) is 1.00. The highest BCUT2D eigenvalue weighted by molar-refractivity contribution is 7.80. The predicted molar refractivity (Wildman–Crippen MR) is 73.3 cm³/mol. The molecule has 0 aromatic carbocycles. The van der Waals surface area contributed by atoms with Crippen LogP contribution < -0.4 is 0 Å². The van der Waals surface area contributed by atoms with E-state index in [9.17, 15) is 0 Å². The van der Waals surface area contributed by atoms with E-state index in [0.29, 0.717) is 5.41 Å². The van der Waals surface area contributed by atoms with E-state index < -0.39 is 0 Å². The maximum Gasteiger partial charge on any atom is 0.0223 e. The second kappa shape index (κ2) is 5.28. The van der Waals surface area contributed by atoms with E-state index in [1.807, 2.05) is 0 Å². The van der Waals surface area contributed by atoms with Gasteiger partial charge in [0, 0.05) is 19.1 Å². The smallest absolute Gasteiger partial charge is 0.0223 e. The molecule has 2 aliphatic rings. The summed E-state index contributed by atoms with van der Waals surface area (Å²) in [5, 5.41) is 0. The molecule has 3 heteroatoms. The molecule has 0 radical (unpaired) electrons. The highest BCUT2D eigenvalue weighted by Crippen LogP contribution is 2.24. The van der Waals surface area contributed by atoms with Gasteiger partial charge in [-0.15, -0.1) is 0 Å². The zero-order chi connectivity index (χ0) is 11.6. The van der Waals surface area contributed by atoms with E-state index in [2.05, 4.69) is 36.3 Å². The molecule has 0 aromatic heterocycles. The number of nitrogens with zero attached hydrogens (tertiary/aromatic N) is 2. The average molecular weight is 242 g/mol. The summed E-state index contributed by atoms with van der Waals surface area (Å²) in [6, 6.07) is 0.846. The topological polar surface area (TPSA) is 6.48 Å². The minimum Gasteiger partial charge on any atom is -0.301 e. The minimum atomic E-state index is 0.358. The van der Waals surface area contributed by atoms with Crippen molar-refractivity contribution in [2.24, 2.45) is 5.41 Å². The number of fused-ring (bicyclic) bond motifs is 1. The summed E-state index contributed by atoms with van der Waals surface area (Å²) in [5.41, 5.74) is 0.358. The summed E-state index contributed by atoms with van der Waals surface area (Å²) in [7, 11) is 0. The third-order valence-corrected chi connectivity index (χ3v) is 4.82. The first-order valence-corrected chi connectivity index (χ1v) is 7.31. The van der Waals surface area contributed by atoms with Crippen molar-refractivity contribution in [2.45, 2.75) is 39.2 Å².